The van der Waals surface area contributed by atoms with Gasteiger partial charge in [-0.3, -0.25) is 4.98 Å². The maximum Gasteiger partial charge on any atom is 0.0892 e. The Kier molecular flexibility index (Phi) is 2.97. The van der Waals surface area contributed by atoms with E-state index in [0.29, 0.717) is 6.04 Å². The molecule has 0 saturated carbocycles. The molecule has 0 spiro atoms. The number of hydrogen-bond acceptors (Lipinski definition) is 3. The van der Waals surface area contributed by atoms with Gasteiger partial charge in [-0.2, -0.15) is 5.10 Å². The zero-order chi connectivity index (χ0) is 10.7. The molecule has 80 valence electrons. The van der Waals surface area contributed by atoms with Gasteiger partial charge in [0.25, 0.3) is 0 Å². The van der Waals surface area contributed by atoms with E-state index in [1.165, 1.54) is 5.56 Å². The zero-order valence-corrected chi connectivity index (χ0v) is 9.14. The Morgan fingerprint density at radius 2 is 2.27 bits per heavy atom. The van der Waals surface area contributed by atoms with Crippen LogP contribution in [-0.4, -0.2) is 21.1 Å². The van der Waals surface area contributed by atoms with Crippen molar-refractivity contribution in [3.63, 3.8) is 0 Å². The predicted molar refractivity (Wildman–Crippen MR) is 59.7 cm³/mol. The molecule has 4 nitrogen and oxygen atoms in total. The highest BCUT2D eigenvalue weighted by atomic mass is 15.2. The van der Waals surface area contributed by atoms with E-state index in [1.54, 1.807) is 6.20 Å². The summed E-state index contributed by atoms with van der Waals surface area (Å²) < 4.78 is 1.86. The van der Waals surface area contributed by atoms with Crippen LogP contribution in [0.25, 0.3) is 5.52 Å². The molecule has 4 heteroatoms. The highest BCUT2D eigenvalue weighted by molar-refractivity contribution is 5.53. The zero-order valence-electron chi connectivity index (χ0n) is 9.14. The molecule has 0 fully saturated rings. The predicted octanol–water partition coefficient (Wildman–Crippen LogP) is 1.79. The van der Waals surface area contributed by atoms with Gasteiger partial charge in [-0.05, 0) is 13.0 Å². The molecule has 0 aromatic carbocycles. The van der Waals surface area contributed by atoms with Crippen molar-refractivity contribution in [1.29, 1.82) is 0 Å². The fourth-order valence-corrected chi connectivity index (χ4v) is 1.84. The summed E-state index contributed by atoms with van der Waals surface area (Å²) in [5.41, 5.74) is 2.32. The number of rotatable bonds is 4. The average molecular weight is 204 g/mol. The minimum atomic E-state index is 0.372. The number of hydrogen-bond donors (Lipinski definition) is 1. The quantitative estimate of drug-likeness (QED) is 0.825. The van der Waals surface area contributed by atoms with Crippen LogP contribution < -0.4 is 5.32 Å². The molecule has 0 bridgehead atoms. The Morgan fingerprint density at radius 1 is 1.40 bits per heavy atom. The SMILES string of the molecule is CCNC(CC)c1cnn2ccncc12. The summed E-state index contributed by atoms with van der Waals surface area (Å²) in [6.45, 7) is 5.26. The molecule has 0 saturated heterocycles. The van der Waals surface area contributed by atoms with Gasteiger partial charge in [0, 0.05) is 24.0 Å². The van der Waals surface area contributed by atoms with Crippen LogP contribution >= 0.6 is 0 Å². The van der Waals surface area contributed by atoms with Crippen molar-refractivity contribution < 1.29 is 0 Å². The second-order valence-electron chi connectivity index (χ2n) is 3.52. The van der Waals surface area contributed by atoms with Crippen LogP contribution in [0.5, 0.6) is 0 Å². The molecule has 2 heterocycles. The standard InChI is InChI=1S/C11H16N4/c1-3-10(13-4-2)9-7-14-15-6-5-12-8-11(9)15/h5-8,10,13H,3-4H2,1-2H3. The van der Waals surface area contributed by atoms with Gasteiger partial charge in [0.1, 0.15) is 0 Å². The summed E-state index contributed by atoms with van der Waals surface area (Å²) in [6, 6.07) is 0.372. The molecule has 0 amide bonds. The molecule has 0 aliphatic carbocycles. The molecule has 15 heavy (non-hydrogen) atoms. The van der Waals surface area contributed by atoms with Gasteiger partial charge in [-0.25, -0.2) is 4.52 Å². The molecule has 1 unspecified atom stereocenters. The van der Waals surface area contributed by atoms with E-state index in [4.69, 9.17) is 0 Å². The van der Waals surface area contributed by atoms with Crippen molar-refractivity contribution in [2.75, 3.05) is 6.54 Å². The van der Waals surface area contributed by atoms with E-state index in [9.17, 15) is 0 Å². The van der Waals surface area contributed by atoms with E-state index < -0.39 is 0 Å². The third-order valence-electron chi connectivity index (χ3n) is 2.59. The lowest BCUT2D eigenvalue weighted by atomic mass is 10.1. The smallest absolute Gasteiger partial charge is 0.0892 e. The molecule has 0 aliphatic heterocycles. The van der Waals surface area contributed by atoms with Gasteiger partial charge in [0.15, 0.2) is 0 Å². The van der Waals surface area contributed by atoms with Crippen LogP contribution in [-0.2, 0) is 0 Å². The number of aromatic nitrogens is 3. The Labute approximate surface area is 89.3 Å². The summed E-state index contributed by atoms with van der Waals surface area (Å²) in [5.74, 6) is 0. The first-order valence-electron chi connectivity index (χ1n) is 5.37. The molecule has 2 aromatic heterocycles. The molecule has 1 N–H and O–H groups in total. The molecule has 0 aliphatic rings. The number of nitrogens with one attached hydrogen (secondary N) is 1. The number of fused-ring (bicyclic) bond motifs is 1. The van der Waals surface area contributed by atoms with Gasteiger partial charge in [0.05, 0.1) is 17.9 Å². The lowest BCUT2D eigenvalue weighted by molar-refractivity contribution is 0.540. The Bertz CT molecular complexity index is 435. The maximum absolute atomic E-state index is 4.31. The normalized spacial score (nSPS) is 13.2. The Balaban J connectivity index is 2.41. The van der Waals surface area contributed by atoms with E-state index in [1.807, 2.05) is 23.1 Å². The van der Waals surface area contributed by atoms with Crippen LogP contribution in [0.2, 0.25) is 0 Å². The fourth-order valence-electron chi connectivity index (χ4n) is 1.84. The van der Waals surface area contributed by atoms with Crippen molar-refractivity contribution in [2.24, 2.45) is 0 Å². The second-order valence-corrected chi connectivity index (χ2v) is 3.52. The molecule has 2 rings (SSSR count). The minimum absolute atomic E-state index is 0.372. The van der Waals surface area contributed by atoms with Gasteiger partial charge >= 0.3 is 0 Å². The van der Waals surface area contributed by atoms with Crippen LogP contribution in [0, 0.1) is 0 Å². The highest BCUT2D eigenvalue weighted by Crippen LogP contribution is 2.20. The third-order valence-corrected chi connectivity index (χ3v) is 2.59. The van der Waals surface area contributed by atoms with Crippen molar-refractivity contribution >= 4 is 5.52 Å². The molecular formula is C11H16N4. The van der Waals surface area contributed by atoms with Crippen molar-refractivity contribution in [2.45, 2.75) is 26.3 Å². The van der Waals surface area contributed by atoms with Crippen molar-refractivity contribution in [3.05, 3.63) is 30.4 Å². The van der Waals surface area contributed by atoms with E-state index in [-0.39, 0.29) is 0 Å². The average Bonchev–Trinajstić information content (AvgIpc) is 2.70. The van der Waals surface area contributed by atoms with Crippen LogP contribution in [0.1, 0.15) is 31.9 Å². The Morgan fingerprint density at radius 3 is 3.00 bits per heavy atom. The number of nitrogens with zero attached hydrogens (tertiary/aromatic N) is 3. The van der Waals surface area contributed by atoms with Crippen LogP contribution in [0.3, 0.4) is 0 Å². The van der Waals surface area contributed by atoms with Gasteiger partial charge in [-0.1, -0.05) is 13.8 Å². The molecule has 1 atom stereocenters. The van der Waals surface area contributed by atoms with Crippen LogP contribution in [0.15, 0.2) is 24.8 Å². The van der Waals surface area contributed by atoms with Gasteiger partial charge in [-0.15, -0.1) is 0 Å². The van der Waals surface area contributed by atoms with E-state index >= 15 is 0 Å². The second kappa shape index (κ2) is 4.40. The van der Waals surface area contributed by atoms with Gasteiger partial charge in [0.2, 0.25) is 0 Å². The first-order chi connectivity index (χ1) is 7.36. The van der Waals surface area contributed by atoms with E-state index in [2.05, 4.69) is 29.2 Å². The first-order valence-corrected chi connectivity index (χ1v) is 5.37. The monoisotopic (exact) mass is 204 g/mol. The summed E-state index contributed by atoms with van der Waals surface area (Å²) in [7, 11) is 0. The summed E-state index contributed by atoms with van der Waals surface area (Å²) in [6.07, 6.45) is 8.47. The summed E-state index contributed by atoms with van der Waals surface area (Å²) >= 11 is 0. The first kappa shape index (κ1) is 10.1. The third kappa shape index (κ3) is 1.85. The summed E-state index contributed by atoms with van der Waals surface area (Å²) in [4.78, 5) is 4.13. The maximum atomic E-state index is 4.31. The van der Waals surface area contributed by atoms with E-state index in [0.717, 1.165) is 18.5 Å². The molecular weight excluding hydrogens is 188 g/mol. The Hall–Kier alpha value is -1.42. The summed E-state index contributed by atoms with van der Waals surface area (Å²) in [5, 5.41) is 7.75. The minimum Gasteiger partial charge on any atom is -0.310 e. The lowest BCUT2D eigenvalue weighted by Gasteiger charge is -2.14. The molecule has 0 radical (unpaired) electrons. The fraction of sp³-hybridized carbons (Fsp3) is 0.455. The lowest BCUT2D eigenvalue weighted by Crippen LogP contribution is -2.19. The largest absolute Gasteiger partial charge is 0.310 e. The van der Waals surface area contributed by atoms with Gasteiger partial charge < -0.3 is 5.32 Å². The highest BCUT2D eigenvalue weighted by Gasteiger charge is 2.13. The van der Waals surface area contributed by atoms with Crippen molar-refractivity contribution in [1.82, 2.24) is 19.9 Å². The molecule has 2 aromatic rings. The van der Waals surface area contributed by atoms with Crippen molar-refractivity contribution in [3.8, 4) is 0 Å². The topological polar surface area (TPSA) is 42.2 Å². The van der Waals surface area contributed by atoms with Crippen LogP contribution in [0.4, 0.5) is 0 Å².